The molecule has 0 aliphatic carbocycles. The van der Waals surface area contributed by atoms with Gasteiger partial charge in [-0.3, -0.25) is 9.78 Å². The van der Waals surface area contributed by atoms with E-state index in [-0.39, 0.29) is 17.2 Å². The molecule has 98 valence electrons. The number of aryl methyl sites for hydroxylation is 1. The van der Waals surface area contributed by atoms with E-state index in [0.717, 1.165) is 5.56 Å². The number of hydrogen-bond acceptors (Lipinski definition) is 2. The molecule has 0 N–H and O–H groups in total. The van der Waals surface area contributed by atoms with Crippen LogP contribution in [0, 0.1) is 5.82 Å². The third kappa shape index (κ3) is 3.86. The van der Waals surface area contributed by atoms with Gasteiger partial charge >= 0.3 is 0 Å². The van der Waals surface area contributed by atoms with Crippen LogP contribution >= 0.6 is 11.6 Å². The molecule has 0 radical (unpaired) electrons. The fourth-order valence-corrected chi connectivity index (χ4v) is 2.01. The van der Waals surface area contributed by atoms with E-state index >= 15 is 0 Å². The lowest BCUT2D eigenvalue weighted by Gasteiger charge is -2.04. The summed E-state index contributed by atoms with van der Waals surface area (Å²) in [5.41, 5.74) is 1.40. The molecule has 0 fully saturated rings. The highest BCUT2D eigenvalue weighted by Crippen LogP contribution is 2.18. The zero-order valence-electron chi connectivity index (χ0n) is 10.3. The molecule has 0 atom stereocenters. The van der Waals surface area contributed by atoms with Gasteiger partial charge in [0.1, 0.15) is 11.6 Å². The Morgan fingerprint density at radius 3 is 2.68 bits per heavy atom. The third-order valence-electron chi connectivity index (χ3n) is 2.86. The molecule has 0 unspecified atom stereocenters. The number of carbonyl (C=O) groups excluding carboxylic acids is 1. The van der Waals surface area contributed by atoms with E-state index in [9.17, 15) is 9.18 Å². The number of aromatic nitrogens is 1. The Kier molecular flexibility index (Phi) is 4.63. The number of rotatable bonds is 5. The summed E-state index contributed by atoms with van der Waals surface area (Å²) in [6.07, 6.45) is 4.49. The first-order chi connectivity index (χ1) is 9.16. The van der Waals surface area contributed by atoms with Crippen molar-refractivity contribution in [2.45, 2.75) is 19.3 Å². The minimum absolute atomic E-state index is 0.00187. The molecule has 0 aliphatic rings. The maximum Gasteiger partial charge on any atom is 0.145 e. The Morgan fingerprint density at radius 2 is 1.95 bits per heavy atom. The lowest BCUT2D eigenvalue weighted by atomic mass is 10.0. The van der Waals surface area contributed by atoms with Crippen LogP contribution in [-0.2, 0) is 17.6 Å². The van der Waals surface area contributed by atoms with Gasteiger partial charge in [0.15, 0.2) is 0 Å². The molecule has 2 rings (SSSR count). The van der Waals surface area contributed by atoms with Crippen molar-refractivity contribution in [2.75, 3.05) is 0 Å². The van der Waals surface area contributed by atoms with Crippen molar-refractivity contribution in [3.05, 3.63) is 64.7 Å². The molecular weight excluding hydrogens is 265 g/mol. The first-order valence-electron chi connectivity index (χ1n) is 6.00. The fourth-order valence-electron chi connectivity index (χ4n) is 1.82. The zero-order chi connectivity index (χ0) is 13.7. The Morgan fingerprint density at radius 1 is 1.21 bits per heavy atom. The van der Waals surface area contributed by atoms with Crippen molar-refractivity contribution in [3.8, 4) is 0 Å². The summed E-state index contributed by atoms with van der Waals surface area (Å²) in [7, 11) is 0. The van der Waals surface area contributed by atoms with Crippen LogP contribution in [-0.4, -0.2) is 10.8 Å². The topological polar surface area (TPSA) is 30.0 Å². The Labute approximate surface area is 116 Å². The van der Waals surface area contributed by atoms with E-state index < -0.39 is 5.82 Å². The van der Waals surface area contributed by atoms with Crippen LogP contribution in [0.5, 0.6) is 0 Å². The number of nitrogens with zero attached hydrogens (tertiary/aromatic N) is 1. The van der Waals surface area contributed by atoms with Gasteiger partial charge in [-0.15, -0.1) is 0 Å². The minimum Gasteiger partial charge on any atom is -0.299 e. The number of halogens is 2. The zero-order valence-corrected chi connectivity index (χ0v) is 11.0. The van der Waals surface area contributed by atoms with Gasteiger partial charge < -0.3 is 0 Å². The van der Waals surface area contributed by atoms with Crippen LogP contribution in [0.15, 0.2) is 42.7 Å². The second kappa shape index (κ2) is 6.43. The molecule has 2 aromatic rings. The fraction of sp³-hybridized carbons (Fsp3) is 0.200. The smallest absolute Gasteiger partial charge is 0.145 e. The van der Waals surface area contributed by atoms with Gasteiger partial charge in [-0.2, -0.15) is 0 Å². The van der Waals surface area contributed by atoms with Gasteiger partial charge in [0.2, 0.25) is 0 Å². The van der Waals surface area contributed by atoms with Crippen LogP contribution in [0.25, 0.3) is 0 Å². The van der Waals surface area contributed by atoms with Gasteiger partial charge in [-0.25, -0.2) is 4.39 Å². The molecule has 0 bridgehead atoms. The number of Topliss-reactive ketones (excluding diaryl/α,β-unsaturated/α-hetero) is 1. The van der Waals surface area contributed by atoms with Crippen LogP contribution in [0.3, 0.4) is 0 Å². The first-order valence-corrected chi connectivity index (χ1v) is 6.38. The molecule has 19 heavy (non-hydrogen) atoms. The highest BCUT2D eigenvalue weighted by molar-refractivity contribution is 6.30. The second-order valence-electron chi connectivity index (χ2n) is 4.28. The molecule has 0 saturated heterocycles. The van der Waals surface area contributed by atoms with Gasteiger partial charge in [0.05, 0.1) is 5.02 Å². The molecule has 1 heterocycles. The van der Waals surface area contributed by atoms with Crippen molar-refractivity contribution in [3.63, 3.8) is 0 Å². The quantitative estimate of drug-likeness (QED) is 0.835. The van der Waals surface area contributed by atoms with Crippen LogP contribution < -0.4 is 0 Å². The largest absolute Gasteiger partial charge is 0.299 e. The predicted molar refractivity (Wildman–Crippen MR) is 72.7 cm³/mol. The summed E-state index contributed by atoms with van der Waals surface area (Å²) >= 11 is 5.68. The number of benzene rings is 1. The standard InChI is InChI=1S/C15H13ClFNO/c16-14-3-1-2-12(15(14)17)10-13(19)5-4-11-6-8-18-9-7-11/h1-3,6-9H,4-5,10H2. The summed E-state index contributed by atoms with van der Waals surface area (Å²) < 4.78 is 13.6. The van der Waals surface area contributed by atoms with Crippen molar-refractivity contribution in [2.24, 2.45) is 0 Å². The Balaban J connectivity index is 1.93. The lowest BCUT2D eigenvalue weighted by molar-refractivity contribution is -0.118. The van der Waals surface area contributed by atoms with Crippen molar-refractivity contribution in [1.82, 2.24) is 4.98 Å². The maximum atomic E-state index is 13.6. The van der Waals surface area contributed by atoms with Gasteiger partial charge in [0.25, 0.3) is 0 Å². The van der Waals surface area contributed by atoms with E-state index in [1.807, 2.05) is 12.1 Å². The van der Waals surface area contributed by atoms with Gasteiger partial charge in [-0.1, -0.05) is 23.7 Å². The van der Waals surface area contributed by atoms with Gasteiger partial charge in [-0.05, 0) is 35.7 Å². The molecule has 4 heteroatoms. The highest BCUT2D eigenvalue weighted by Gasteiger charge is 2.10. The summed E-state index contributed by atoms with van der Waals surface area (Å²) in [4.78, 5) is 15.7. The highest BCUT2D eigenvalue weighted by atomic mass is 35.5. The summed E-state index contributed by atoms with van der Waals surface area (Å²) in [5.74, 6) is -0.501. The predicted octanol–water partition coefficient (Wildman–Crippen LogP) is 3.62. The number of hydrogen-bond donors (Lipinski definition) is 0. The molecule has 1 aromatic heterocycles. The summed E-state index contributed by atoms with van der Waals surface area (Å²) in [6, 6.07) is 8.45. The lowest BCUT2D eigenvalue weighted by Crippen LogP contribution is -2.06. The van der Waals surface area contributed by atoms with Crippen LogP contribution in [0.1, 0.15) is 17.5 Å². The van der Waals surface area contributed by atoms with Crippen molar-refractivity contribution in [1.29, 1.82) is 0 Å². The van der Waals surface area contributed by atoms with Crippen LogP contribution in [0.2, 0.25) is 5.02 Å². The monoisotopic (exact) mass is 277 g/mol. The van der Waals surface area contributed by atoms with E-state index in [2.05, 4.69) is 4.98 Å². The van der Waals surface area contributed by atoms with E-state index in [4.69, 9.17) is 11.6 Å². The minimum atomic E-state index is -0.499. The number of carbonyl (C=O) groups is 1. The number of pyridine rings is 1. The average molecular weight is 278 g/mol. The SMILES string of the molecule is O=C(CCc1ccncc1)Cc1cccc(Cl)c1F. The molecular formula is C15H13ClFNO. The maximum absolute atomic E-state index is 13.6. The molecule has 0 aliphatic heterocycles. The van der Waals surface area contributed by atoms with E-state index in [0.29, 0.717) is 18.4 Å². The molecule has 0 saturated carbocycles. The molecule has 0 spiro atoms. The van der Waals surface area contributed by atoms with E-state index in [1.165, 1.54) is 6.07 Å². The average Bonchev–Trinajstić information content (AvgIpc) is 2.43. The van der Waals surface area contributed by atoms with Gasteiger partial charge in [0, 0.05) is 25.2 Å². The second-order valence-corrected chi connectivity index (χ2v) is 4.69. The first kappa shape index (κ1) is 13.7. The Bertz CT molecular complexity index is 572. The van der Waals surface area contributed by atoms with Crippen LogP contribution in [0.4, 0.5) is 4.39 Å². The summed E-state index contributed by atoms with van der Waals surface area (Å²) in [5, 5.41) is 0.0550. The van der Waals surface area contributed by atoms with Crippen molar-refractivity contribution < 1.29 is 9.18 Å². The van der Waals surface area contributed by atoms with E-state index in [1.54, 1.807) is 24.5 Å². The van der Waals surface area contributed by atoms with Crippen molar-refractivity contribution >= 4 is 17.4 Å². The number of ketones is 1. The molecule has 1 aromatic carbocycles. The summed E-state index contributed by atoms with van der Waals surface area (Å²) in [6.45, 7) is 0. The Hall–Kier alpha value is -1.74. The third-order valence-corrected chi connectivity index (χ3v) is 3.15. The normalized spacial score (nSPS) is 10.4. The molecule has 0 amide bonds. The molecule has 2 nitrogen and oxygen atoms in total.